The second-order valence-electron chi connectivity index (χ2n) is 5.28. The van der Waals surface area contributed by atoms with Crippen molar-refractivity contribution in [1.29, 1.82) is 0 Å². The van der Waals surface area contributed by atoms with Gasteiger partial charge in [0.15, 0.2) is 0 Å². The Morgan fingerprint density at radius 1 is 1.28 bits per heavy atom. The van der Waals surface area contributed by atoms with E-state index in [1.165, 1.54) is 19.3 Å². The van der Waals surface area contributed by atoms with Crippen LogP contribution in [0.2, 0.25) is 0 Å². The first-order valence-corrected chi connectivity index (χ1v) is 12.0. The Bertz CT molecular complexity index is 797. The predicted molar refractivity (Wildman–Crippen MR) is 95.9 cm³/mol. The Kier molecular flexibility index (Phi) is 9.44. The number of carbonyl (C=O) groups is 1. The van der Waals surface area contributed by atoms with Crippen LogP contribution in [0.15, 0.2) is 22.2 Å². The highest BCUT2D eigenvalue weighted by Crippen LogP contribution is 2.69. The summed E-state index contributed by atoms with van der Waals surface area (Å²) in [7, 11) is -14.9. The molecule has 1 amide bonds. The quantitative estimate of drug-likeness (QED) is 0.0983. The SMILES string of the molecule is C/N=C(N)\C=C/N(C=O)[C@H]1CC[C@@H](COP(=O)(O)OP(=O)(N=O)OP(=O)(O)O)O1. The number of rotatable bonds is 12. The number of nitroso groups, excluding NO2 is 1. The highest BCUT2D eigenvalue weighted by molar-refractivity contribution is 7.68. The van der Waals surface area contributed by atoms with Gasteiger partial charge in [-0.25, -0.2) is 13.7 Å². The first kappa shape index (κ1) is 25.7. The topological polar surface area (TPSA) is 237 Å². The molecule has 0 spiro atoms. The normalized spacial score (nSPS) is 24.8. The summed E-state index contributed by atoms with van der Waals surface area (Å²) < 4.78 is 51.3. The molecule has 0 radical (unpaired) electrons. The van der Waals surface area contributed by atoms with Crippen LogP contribution in [0.1, 0.15) is 12.8 Å². The first-order chi connectivity index (χ1) is 13.3. The largest absolute Gasteiger partial charge is 0.507 e. The standard InChI is InChI=1S/C10H19N4O12P3/c1-12-9(11)4-5-14(7-15)10-3-2-8(24-10)6-23-29(21,22)26-27(17,13-16)25-28(18,19)20/h4-5,7-8,10H,2-3,6H2,1H3,(H2,11,12)(H,21,22)(H2,18,19,20)/b5-4-/t8-,10+,27?/m0/s1. The zero-order valence-electron chi connectivity index (χ0n) is 14.8. The summed E-state index contributed by atoms with van der Waals surface area (Å²) in [6.07, 6.45) is 2.13. The molecule has 0 bridgehead atoms. The van der Waals surface area contributed by atoms with Gasteiger partial charge in [0.05, 0.1) is 12.7 Å². The minimum Gasteiger partial charge on any atom is -0.384 e. The Morgan fingerprint density at radius 3 is 2.45 bits per heavy atom. The molecule has 0 aromatic rings. The molecule has 4 atom stereocenters. The van der Waals surface area contributed by atoms with E-state index in [1.807, 2.05) is 0 Å². The second kappa shape index (κ2) is 10.6. The van der Waals surface area contributed by atoms with Crippen LogP contribution in [-0.2, 0) is 36.4 Å². The molecule has 29 heavy (non-hydrogen) atoms. The van der Waals surface area contributed by atoms with Crippen LogP contribution >= 0.6 is 23.4 Å². The van der Waals surface area contributed by atoms with Gasteiger partial charge < -0.3 is 25.2 Å². The van der Waals surface area contributed by atoms with Crippen LogP contribution in [-0.4, -0.2) is 57.8 Å². The van der Waals surface area contributed by atoms with Gasteiger partial charge in [-0.2, -0.15) is 8.62 Å². The number of hydrogen-bond acceptors (Lipinski definition) is 10. The summed E-state index contributed by atoms with van der Waals surface area (Å²) in [6.45, 7) is -0.617. The third kappa shape index (κ3) is 9.36. The van der Waals surface area contributed by atoms with Gasteiger partial charge in [-0.15, -0.1) is 4.91 Å². The number of ether oxygens (including phenoxy) is 1. The monoisotopic (exact) mass is 480 g/mol. The maximum Gasteiger partial charge on any atom is 0.507 e. The fourth-order valence-electron chi connectivity index (χ4n) is 1.98. The smallest absolute Gasteiger partial charge is 0.384 e. The Balaban J connectivity index is 2.65. The second-order valence-corrected chi connectivity index (χ2v) is 9.86. The lowest BCUT2D eigenvalue weighted by Gasteiger charge is -2.22. The van der Waals surface area contributed by atoms with Crippen LogP contribution in [0.25, 0.3) is 0 Å². The molecule has 0 aromatic heterocycles. The first-order valence-electron chi connectivity index (χ1n) is 7.52. The zero-order valence-corrected chi connectivity index (χ0v) is 17.5. The minimum atomic E-state index is -5.53. The molecular formula is C10H19N4O12P3. The highest BCUT2D eigenvalue weighted by atomic mass is 31.3. The number of hydrogen-bond donors (Lipinski definition) is 4. The molecular weight excluding hydrogens is 461 g/mol. The van der Waals surface area contributed by atoms with Crippen LogP contribution in [0.4, 0.5) is 0 Å². The molecule has 1 fully saturated rings. The van der Waals surface area contributed by atoms with Crippen molar-refractivity contribution in [3.8, 4) is 0 Å². The molecule has 1 aliphatic heterocycles. The number of amides is 1. The lowest BCUT2D eigenvalue weighted by molar-refractivity contribution is -0.127. The summed E-state index contributed by atoms with van der Waals surface area (Å²) in [5.41, 5.74) is 5.47. The van der Waals surface area contributed by atoms with Crippen molar-refractivity contribution in [1.82, 2.24) is 4.90 Å². The third-order valence-corrected chi connectivity index (χ3v) is 7.16. The van der Waals surface area contributed by atoms with E-state index in [0.717, 1.165) is 4.90 Å². The van der Waals surface area contributed by atoms with Crippen molar-refractivity contribution in [2.24, 2.45) is 15.7 Å². The maximum atomic E-state index is 11.8. The van der Waals surface area contributed by atoms with Gasteiger partial charge in [0.1, 0.15) is 12.1 Å². The van der Waals surface area contributed by atoms with Crippen LogP contribution in [0.3, 0.4) is 0 Å². The molecule has 1 saturated heterocycles. The van der Waals surface area contributed by atoms with Gasteiger partial charge >= 0.3 is 23.4 Å². The minimum absolute atomic E-state index is 0.152. The lowest BCUT2D eigenvalue weighted by Crippen LogP contribution is -2.30. The van der Waals surface area contributed by atoms with Gasteiger partial charge in [-0.3, -0.25) is 19.2 Å². The number of phosphoric acid groups is 2. The van der Waals surface area contributed by atoms with Crippen LogP contribution < -0.4 is 5.73 Å². The molecule has 0 saturated carbocycles. The molecule has 19 heteroatoms. The summed E-state index contributed by atoms with van der Waals surface area (Å²) >= 11 is 0. The Hall–Kier alpha value is -1.31. The summed E-state index contributed by atoms with van der Waals surface area (Å²) in [6, 6.07) is 0. The fourth-order valence-corrected chi connectivity index (χ4v) is 5.26. The average molecular weight is 480 g/mol. The number of aliphatic imine (C=N–C) groups is 1. The van der Waals surface area contributed by atoms with E-state index in [-0.39, 0.29) is 12.3 Å². The average Bonchev–Trinajstić information content (AvgIpc) is 3.07. The maximum absolute atomic E-state index is 11.8. The van der Waals surface area contributed by atoms with E-state index in [4.69, 9.17) is 20.3 Å². The van der Waals surface area contributed by atoms with E-state index >= 15 is 0 Å². The van der Waals surface area contributed by atoms with E-state index in [2.05, 4.69) is 18.1 Å². The van der Waals surface area contributed by atoms with Gasteiger partial charge in [-0.1, -0.05) is 0 Å². The fraction of sp³-hybridized carbons (Fsp3) is 0.600. The van der Waals surface area contributed by atoms with Gasteiger partial charge in [-0.05, 0) is 18.9 Å². The number of amidine groups is 1. The summed E-state index contributed by atoms with van der Waals surface area (Å²) in [4.78, 5) is 54.7. The zero-order chi connectivity index (χ0) is 22.3. The molecule has 0 aromatic carbocycles. The van der Waals surface area contributed by atoms with E-state index in [1.54, 1.807) is 4.95 Å². The van der Waals surface area contributed by atoms with Crippen LogP contribution in [0, 0.1) is 4.91 Å². The van der Waals surface area contributed by atoms with Gasteiger partial charge in [0, 0.05) is 18.2 Å². The van der Waals surface area contributed by atoms with Crippen molar-refractivity contribution in [2.45, 2.75) is 25.2 Å². The lowest BCUT2D eigenvalue weighted by atomic mass is 10.2. The third-order valence-electron chi connectivity index (χ3n) is 3.15. The molecule has 1 rings (SSSR count). The summed E-state index contributed by atoms with van der Waals surface area (Å²) in [5.74, 6) is 0.152. The van der Waals surface area contributed by atoms with E-state index in [0.29, 0.717) is 12.8 Å². The number of nitrogens with zero attached hydrogens (tertiary/aromatic N) is 3. The van der Waals surface area contributed by atoms with Crippen molar-refractivity contribution >= 4 is 35.6 Å². The van der Waals surface area contributed by atoms with Gasteiger partial charge in [0.25, 0.3) is 0 Å². The predicted octanol–water partition coefficient (Wildman–Crippen LogP) is 0.568. The Labute approximate surface area is 164 Å². The molecule has 16 nitrogen and oxygen atoms in total. The molecule has 2 unspecified atom stereocenters. The van der Waals surface area contributed by atoms with Crippen LogP contribution in [0.5, 0.6) is 0 Å². The van der Waals surface area contributed by atoms with Crippen molar-refractivity contribution in [3.05, 3.63) is 17.2 Å². The Morgan fingerprint density at radius 2 is 1.93 bits per heavy atom. The number of phosphoric ester groups is 1. The van der Waals surface area contributed by atoms with E-state index in [9.17, 15) is 28.3 Å². The van der Waals surface area contributed by atoms with Crippen molar-refractivity contribution in [3.63, 3.8) is 0 Å². The molecule has 0 aliphatic carbocycles. The molecule has 1 aliphatic rings. The molecule has 166 valence electrons. The summed E-state index contributed by atoms with van der Waals surface area (Å²) in [5, 5.41) is 0. The molecule has 5 N–H and O–H groups in total. The van der Waals surface area contributed by atoms with E-state index < -0.39 is 42.3 Å². The van der Waals surface area contributed by atoms with Crippen molar-refractivity contribution < 1.29 is 51.1 Å². The van der Waals surface area contributed by atoms with Crippen molar-refractivity contribution in [2.75, 3.05) is 13.7 Å². The number of carbonyl (C=O) groups excluding carboxylic acids is 1. The van der Waals surface area contributed by atoms with Gasteiger partial charge in [0.2, 0.25) is 6.41 Å². The number of nitrogens with two attached hydrogens (primary N) is 1. The highest BCUT2D eigenvalue weighted by Gasteiger charge is 2.44. The molecule has 1 heterocycles.